The van der Waals surface area contributed by atoms with Crippen LogP contribution in [-0.2, 0) is 6.42 Å². The standard InChI is InChI=1S/C17H19NO2/c1-12-5-3-7-14(11-12)9-10-18-16-13(2)6-4-8-15(16)17(19)20/h3-8,11,18H,9-10H2,1-2H3,(H,19,20). The van der Waals surface area contributed by atoms with Crippen molar-refractivity contribution in [1.82, 2.24) is 0 Å². The molecular weight excluding hydrogens is 250 g/mol. The van der Waals surface area contributed by atoms with Gasteiger partial charge in [-0.05, 0) is 37.5 Å². The van der Waals surface area contributed by atoms with Crippen LogP contribution in [0.25, 0.3) is 0 Å². The zero-order valence-corrected chi connectivity index (χ0v) is 11.8. The van der Waals surface area contributed by atoms with E-state index in [1.165, 1.54) is 11.1 Å². The number of carboxylic acids is 1. The molecule has 0 amide bonds. The molecule has 2 rings (SSSR count). The lowest BCUT2D eigenvalue weighted by atomic mass is 10.1. The molecule has 0 radical (unpaired) electrons. The number of hydrogen-bond donors (Lipinski definition) is 2. The van der Waals surface area contributed by atoms with Gasteiger partial charge in [-0.15, -0.1) is 0 Å². The summed E-state index contributed by atoms with van der Waals surface area (Å²) in [5.74, 6) is -0.897. The summed E-state index contributed by atoms with van der Waals surface area (Å²) in [6, 6.07) is 13.7. The number of carboxylic acid groups (broad SMARTS) is 1. The summed E-state index contributed by atoms with van der Waals surface area (Å²) in [5.41, 5.74) is 4.49. The summed E-state index contributed by atoms with van der Waals surface area (Å²) in [6.45, 7) is 4.71. The summed E-state index contributed by atoms with van der Waals surface area (Å²) in [5, 5.41) is 12.5. The number of nitrogens with one attached hydrogen (secondary N) is 1. The Kier molecular flexibility index (Phi) is 4.41. The summed E-state index contributed by atoms with van der Waals surface area (Å²) in [6.07, 6.45) is 0.870. The van der Waals surface area contributed by atoms with E-state index in [-0.39, 0.29) is 0 Å². The van der Waals surface area contributed by atoms with Gasteiger partial charge < -0.3 is 10.4 Å². The topological polar surface area (TPSA) is 49.3 Å². The first-order chi connectivity index (χ1) is 9.58. The fourth-order valence-electron chi connectivity index (χ4n) is 2.28. The Balaban J connectivity index is 2.06. The van der Waals surface area contributed by atoms with Crippen LogP contribution >= 0.6 is 0 Å². The molecule has 3 nitrogen and oxygen atoms in total. The van der Waals surface area contributed by atoms with Gasteiger partial charge >= 0.3 is 5.97 Å². The average Bonchev–Trinajstić information content (AvgIpc) is 2.40. The smallest absolute Gasteiger partial charge is 0.337 e. The number of benzene rings is 2. The maximum Gasteiger partial charge on any atom is 0.337 e. The van der Waals surface area contributed by atoms with Gasteiger partial charge in [-0.2, -0.15) is 0 Å². The number of anilines is 1. The maximum atomic E-state index is 11.2. The first kappa shape index (κ1) is 14.1. The van der Waals surface area contributed by atoms with Crippen molar-refractivity contribution >= 4 is 11.7 Å². The fourth-order valence-corrected chi connectivity index (χ4v) is 2.28. The number of aromatic carboxylic acids is 1. The molecule has 0 spiro atoms. The Hall–Kier alpha value is -2.29. The Morgan fingerprint density at radius 1 is 1.15 bits per heavy atom. The van der Waals surface area contributed by atoms with Crippen molar-refractivity contribution in [3.05, 3.63) is 64.7 Å². The second-order valence-corrected chi connectivity index (χ2v) is 4.97. The molecule has 0 fully saturated rings. The van der Waals surface area contributed by atoms with Crippen LogP contribution < -0.4 is 5.32 Å². The summed E-state index contributed by atoms with van der Waals surface area (Å²) < 4.78 is 0. The number of hydrogen-bond acceptors (Lipinski definition) is 2. The molecule has 0 aliphatic heterocycles. The van der Waals surface area contributed by atoms with E-state index in [0.29, 0.717) is 17.8 Å². The van der Waals surface area contributed by atoms with Gasteiger partial charge in [-0.1, -0.05) is 42.0 Å². The predicted octanol–water partition coefficient (Wildman–Crippen LogP) is 3.66. The van der Waals surface area contributed by atoms with Gasteiger partial charge in [0.15, 0.2) is 0 Å². The molecule has 0 unspecified atom stereocenters. The number of rotatable bonds is 5. The molecule has 0 saturated carbocycles. The van der Waals surface area contributed by atoms with Crippen molar-refractivity contribution in [1.29, 1.82) is 0 Å². The largest absolute Gasteiger partial charge is 0.478 e. The zero-order valence-electron chi connectivity index (χ0n) is 11.8. The van der Waals surface area contributed by atoms with Crippen molar-refractivity contribution < 1.29 is 9.90 Å². The molecule has 104 valence electrons. The highest BCUT2D eigenvalue weighted by molar-refractivity contribution is 5.95. The van der Waals surface area contributed by atoms with Gasteiger partial charge in [0.25, 0.3) is 0 Å². The maximum absolute atomic E-state index is 11.2. The van der Waals surface area contributed by atoms with Crippen LogP contribution in [-0.4, -0.2) is 17.6 Å². The number of aryl methyl sites for hydroxylation is 2. The third-order valence-electron chi connectivity index (χ3n) is 3.30. The molecule has 0 bridgehead atoms. The van der Waals surface area contributed by atoms with Gasteiger partial charge in [0.2, 0.25) is 0 Å². The number of carbonyl (C=O) groups is 1. The third-order valence-corrected chi connectivity index (χ3v) is 3.30. The van der Waals surface area contributed by atoms with Crippen LogP contribution in [0.4, 0.5) is 5.69 Å². The highest BCUT2D eigenvalue weighted by Crippen LogP contribution is 2.20. The summed E-state index contributed by atoms with van der Waals surface area (Å²) in [7, 11) is 0. The van der Waals surface area contributed by atoms with Gasteiger partial charge in [0, 0.05) is 6.54 Å². The minimum atomic E-state index is -0.897. The van der Waals surface area contributed by atoms with Gasteiger partial charge in [0.1, 0.15) is 0 Å². The van der Waals surface area contributed by atoms with E-state index in [1.807, 2.05) is 19.1 Å². The van der Waals surface area contributed by atoms with Gasteiger partial charge in [0.05, 0.1) is 11.3 Å². The molecule has 2 N–H and O–H groups in total. The van der Waals surface area contributed by atoms with Crippen LogP contribution in [0.2, 0.25) is 0 Å². The summed E-state index contributed by atoms with van der Waals surface area (Å²) in [4.78, 5) is 11.2. The fraction of sp³-hybridized carbons (Fsp3) is 0.235. The van der Waals surface area contributed by atoms with Gasteiger partial charge in [-0.25, -0.2) is 4.79 Å². The lowest BCUT2D eigenvalue weighted by Crippen LogP contribution is -2.11. The lowest BCUT2D eigenvalue weighted by Gasteiger charge is -2.12. The van der Waals surface area contributed by atoms with Crippen molar-refractivity contribution in [3.63, 3.8) is 0 Å². The Labute approximate surface area is 119 Å². The van der Waals surface area contributed by atoms with Crippen LogP contribution in [0.3, 0.4) is 0 Å². The Morgan fingerprint density at radius 2 is 1.90 bits per heavy atom. The van der Waals surface area contributed by atoms with Gasteiger partial charge in [-0.3, -0.25) is 0 Å². The average molecular weight is 269 g/mol. The van der Waals surface area contributed by atoms with E-state index < -0.39 is 5.97 Å². The molecule has 0 saturated heterocycles. The molecule has 0 aromatic heterocycles. The van der Waals surface area contributed by atoms with E-state index in [9.17, 15) is 9.90 Å². The zero-order chi connectivity index (χ0) is 14.5. The molecule has 0 heterocycles. The monoisotopic (exact) mass is 269 g/mol. The molecular formula is C17H19NO2. The molecule has 2 aromatic rings. The molecule has 20 heavy (non-hydrogen) atoms. The quantitative estimate of drug-likeness (QED) is 0.871. The third kappa shape index (κ3) is 3.38. The molecule has 0 atom stereocenters. The number of para-hydroxylation sites is 1. The molecule has 2 aromatic carbocycles. The van der Waals surface area contributed by atoms with Crippen LogP contribution in [0.1, 0.15) is 27.0 Å². The molecule has 3 heteroatoms. The second-order valence-electron chi connectivity index (χ2n) is 4.97. The van der Waals surface area contributed by atoms with Crippen LogP contribution in [0.15, 0.2) is 42.5 Å². The van der Waals surface area contributed by atoms with E-state index in [2.05, 4.69) is 30.4 Å². The lowest BCUT2D eigenvalue weighted by molar-refractivity contribution is 0.0698. The highest BCUT2D eigenvalue weighted by atomic mass is 16.4. The molecule has 0 aliphatic rings. The minimum Gasteiger partial charge on any atom is -0.478 e. The Morgan fingerprint density at radius 3 is 2.60 bits per heavy atom. The first-order valence-corrected chi connectivity index (χ1v) is 6.70. The van der Waals surface area contributed by atoms with Crippen molar-refractivity contribution in [2.24, 2.45) is 0 Å². The van der Waals surface area contributed by atoms with Crippen molar-refractivity contribution in [3.8, 4) is 0 Å². The first-order valence-electron chi connectivity index (χ1n) is 6.70. The second kappa shape index (κ2) is 6.24. The van der Waals surface area contributed by atoms with E-state index in [4.69, 9.17) is 0 Å². The van der Waals surface area contributed by atoms with E-state index >= 15 is 0 Å². The van der Waals surface area contributed by atoms with Crippen LogP contribution in [0.5, 0.6) is 0 Å². The normalized spacial score (nSPS) is 10.3. The molecule has 0 aliphatic carbocycles. The predicted molar refractivity (Wildman–Crippen MR) is 81.5 cm³/mol. The highest BCUT2D eigenvalue weighted by Gasteiger charge is 2.11. The van der Waals surface area contributed by atoms with Crippen molar-refractivity contribution in [2.75, 3.05) is 11.9 Å². The Bertz CT molecular complexity index is 620. The van der Waals surface area contributed by atoms with E-state index in [0.717, 1.165) is 12.0 Å². The van der Waals surface area contributed by atoms with E-state index in [1.54, 1.807) is 12.1 Å². The van der Waals surface area contributed by atoms with Crippen LogP contribution in [0, 0.1) is 13.8 Å². The summed E-state index contributed by atoms with van der Waals surface area (Å²) >= 11 is 0. The van der Waals surface area contributed by atoms with Crippen molar-refractivity contribution in [2.45, 2.75) is 20.3 Å². The SMILES string of the molecule is Cc1cccc(CCNc2c(C)cccc2C(=O)O)c1. The minimum absolute atomic E-state index is 0.328.